The van der Waals surface area contributed by atoms with Gasteiger partial charge in [-0.3, -0.25) is 4.90 Å². The predicted octanol–water partition coefficient (Wildman–Crippen LogP) is 2.91. The fourth-order valence-corrected chi connectivity index (χ4v) is 2.72. The molecule has 1 nitrogen and oxygen atoms in total. The van der Waals surface area contributed by atoms with Crippen molar-refractivity contribution in [3.05, 3.63) is 0 Å². The van der Waals surface area contributed by atoms with Crippen LogP contribution in [0.3, 0.4) is 0 Å². The maximum atomic E-state index is 2.62. The second kappa shape index (κ2) is 2.31. The molecule has 0 unspecified atom stereocenters. The largest absolute Gasteiger partial charge is 0.297 e. The molecule has 1 saturated heterocycles. The summed E-state index contributed by atoms with van der Waals surface area (Å²) < 4.78 is 0. The summed E-state index contributed by atoms with van der Waals surface area (Å²) in [5.41, 5.74) is 1.70. The molecule has 0 radical (unpaired) electrons. The van der Waals surface area contributed by atoms with Crippen molar-refractivity contribution in [2.24, 2.45) is 10.8 Å². The molecular formula is C12H23N. The van der Waals surface area contributed by atoms with Crippen molar-refractivity contribution in [3.8, 4) is 0 Å². The first-order chi connectivity index (χ1) is 5.77. The summed E-state index contributed by atoms with van der Waals surface area (Å²) >= 11 is 0. The van der Waals surface area contributed by atoms with Crippen LogP contribution in [0.15, 0.2) is 0 Å². The highest BCUT2D eigenvalue weighted by Crippen LogP contribution is 2.61. The Morgan fingerprint density at radius 1 is 1.00 bits per heavy atom. The van der Waals surface area contributed by atoms with Gasteiger partial charge in [0.1, 0.15) is 0 Å². The Kier molecular flexibility index (Phi) is 1.69. The third-order valence-corrected chi connectivity index (χ3v) is 4.60. The summed E-state index contributed by atoms with van der Waals surface area (Å²) in [5.74, 6) is 0. The molecule has 1 aliphatic heterocycles. The summed E-state index contributed by atoms with van der Waals surface area (Å²) in [6, 6.07) is 0. The second-order valence-electron chi connectivity index (χ2n) is 6.69. The molecule has 0 aromatic rings. The van der Waals surface area contributed by atoms with Gasteiger partial charge in [0.2, 0.25) is 0 Å². The van der Waals surface area contributed by atoms with E-state index in [0.717, 1.165) is 0 Å². The molecule has 1 heteroatoms. The molecule has 1 spiro atoms. The first-order valence-electron chi connectivity index (χ1n) is 5.52. The van der Waals surface area contributed by atoms with Crippen LogP contribution in [0.1, 0.15) is 47.5 Å². The fourth-order valence-electron chi connectivity index (χ4n) is 2.72. The van der Waals surface area contributed by atoms with Crippen LogP contribution < -0.4 is 0 Å². The van der Waals surface area contributed by atoms with Gasteiger partial charge in [-0.2, -0.15) is 0 Å². The van der Waals surface area contributed by atoms with Crippen molar-refractivity contribution in [3.63, 3.8) is 0 Å². The SMILES string of the molecule is CC(C)(C)N1CC2(CCC2(C)C)C1. The van der Waals surface area contributed by atoms with Crippen molar-refractivity contribution >= 4 is 0 Å². The smallest absolute Gasteiger partial charge is 0.0125 e. The van der Waals surface area contributed by atoms with Crippen molar-refractivity contribution in [1.29, 1.82) is 0 Å². The van der Waals surface area contributed by atoms with Gasteiger partial charge >= 0.3 is 0 Å². The summed E-state index contributed by atoms with van der Waals surface area (Å²) in [4.78, 5) is 2.62. The molecular weight excluding hydrogens is 158 g/mol. The van der Waals surface area contributed by atoms with Crippen LogP contribution in [-0.4, -0.2) is 23.5 Å². The van der Waals surface area contributed by atoms with E-state index < -0.39 is 0 Å². The minimum atomic E-state index is 0.386. The fraction of sp³-hybridized carbons (Fsp3) is 1.00. The zero-order valence-corrected chi connectivity index (χ0v) is 9.78. The number of hydrogen-bond donors (Lipinski definition) is 0. The van der Waals surface area contributed by atoms with E-state index in [1.165, 1.54) is 25.9 Å². The number of hydrogen-bond acceptors (Lipinski definition) is 1. The van der Waals surface area contributed by atoms with E-state index in [1.54, 1.807) is 0 Å². The minimum Gasteiger partial charge on any atom is -0.297 e. The van der Waals surface area contributed by atoms with Crippen LogP contribution in [0.2, 0.25) is 0 Å². The van der Waals surface area contributed by atoms with Crippen LogP contribution in [0, 0.1) is 10.8 Å². The summed E-state index contributed by atoms with van der Waals surface area (Å²) in [5, 5.41) is 0. The standard InChI is InChI=1S/C12H23N/c1-10(2,3)13-8-12(9-13)7-6-11(12,4)5/h6-9H2,1-5H3. The van der Waals surface area contributed by atoms with Gasteiger partial charge in [-0.25, -0.2) is 0 Å². The summed E-state index contributed by atoms with van der Waals surface area (Å²) in [6.45, 7) is 14.5. The number of rotatable bonds is 0. The molecule has 76 valence electrons. The molecule has 1 aliphatic carbocycles. The zero-order valence-electron chi connectivity index (χ0n) is 9.78. The summed E-state index contributed by atoms with van der Waals surface area (Å²) in [7, 11) is 0. The van der Waals surface area contributed by atoms with Crippen LogP contribution in [-0.2, 0) is 0 Å². The van der Waals surface area contributed by atoms with Crippen LogP contribution in [0.4, 0.5) is 0 Å². The molecule has 0 aromatic carbocycles. The quantitative estimate of drug-likeness (QED) is 0.555. The Morgan fingerprint density at radius 3 is 1.77 bits per heavy atom. The predicted molar refractivity (Wildman–Crippen MR) is 56.8 cm³/mol. The van der Waals surface area contributed by atoms with Gasteiger partial charge in [0, 0.05) is 24.0 Å². The van der Waals surface area contributed by atoms with E-state index in [1.807, 2.05) is 0 Å². The molecule has 0 bridgehead atoms. The molecule has 13 heavy (non-hydrogen) atoms. The molecule has 1 heterocycles. The van der Waals surface area contributed by atoms with Crippen LogP contribution >= 0.6 is 0 Å². The molecule has 0 aromatic heterocycles. The van der Waals surface area contributed by atoms with Gasteiger partial charge in [0.25, 0.3) is 0 Å². The molecule has 2 rings (SSSR count). The normalized spacial score (nSPS) is 31.2. The number of likely N-dealkylation sites (tertiary alicyclic amines) is 1. The first-order valence-corrected chi connectivity index (χ1v) is 5.52. The van der Waals surface area contributed by atoms with E-state index in [2.05, 4.69) is 39.5 Å². The van der Waals surface area contributed by atoms with Crippen molar-refractivity contribution in [1.82, 2.24) is 4.90 Å². The van der Waals surface area contributed by atoms with E-state index in [-0.39, 0.29) is 0 Å². The summed E-state index contributed by atoms with van der Waals surface area (Å²) in [6.07, 6.45) is 2.90. The van der Waals surface area contributed by atoms with Crippen molar-refractivity contribution in [2.45, 2.75) is 53.0 Å². The van der Waals surface area contributed by atoms with E-state index in [0.29, 0.717) is 16.4 Å². The van der Waals surface area contributed by atoms with Gasteiger partial charge in [0.15, 0.2) is 0 Å². The van der Waals surface area contributed by atoms with Crippen LogP contribution in [0.25, 0.3) is 0 Å². The molecule has 1 saturated carbocycles. The third kappa shape index (κ3) is 1.16. The Balaban J connectivity index is 1.98. The molecule has 2 fully saturated rings. The molecule has 0 atom stereocenters. The lowest BCUT2D eigenvalue weighted by molar-refractivity contribution is -0.187. The van der Waals surface area contributed by atoms with Gasteiger partial charge in [-0.05, 0) is 39.0 Å². The van der Waals surface area contributed by atoms with E-state index in [4.69, 9.17) is 0 Å². The lowest BCUT2D eigenvalue weighted by atomic mass is 9.47. The van der Waals surface area contributed by atoms with Gasteiger partial charge in [-0.15, -0.1) is 0 Å². The highest BCUT2D eigenvalue weighted by molar-refractivity contribution is 5.12. The van der Waals surface area contributed by atoms with Crippen molar-refractivity contribution in [2.75, 3.05) is 13.1 Å². The Bertz CT molecular complexity index is 216. The average molecular weight is 181 g/mol. The third-order valence-electron chi connectivity index (χ3n) is 4.60. The monoisotopic (exact) mass is 181 g/mol. The Labute approximate surface area is 82.5 Å². The topological polar surface area (TPSA) is 3.24 Å². The van der Waals surface area contributed by atoms with Gasteiger partial charge in [-0.1, -0.05) is 13.8 Å². The van der Waals surface area contributed by atoms with Gasteiger partial charge < -0.3 is 0 Å². The highest BCUT2D eigenvalue weighted by atomic mass is 15.3. The Morgan fingerprint density at radius 2 is 1.54 bits per heavy atom. The average Bonchev–Trinajstić information content (AvgIpc) is 1.78. The minimum absolute atomic E-state index is 0.386. The molecule has 0 N–H and O–H groups in total. The molecule has 0 amide bonds. The van der Waals surface area contributed by atoms with Crippen molar-refractivity contribution < 1.29 is 0 Å². The number of nitrogens with zero attached hydrogens (tertiary/aromatic N) is 1. The van der Waals surface area contributed by atoms with E-state index >= 15 is 0 Å². The van der Waals surface area contributed by atoms with Crippen LogP contribution in [0.5, 0.6) is 0 Å². The zero-order chi connectivity index (χ0) is 9.91. The molecule has 2 aliphatic rings. The first kappa shape index (κ1) is 9.51. The maximum Gasteiger partial charge on any atom is 0.0125 e. The van der Waals surface area contributed by atoms with Gasteiger partial charge in [0.05, 0.1) is 0 Å². The van der Waals surface area contributed by atoms with E-state index in [9.17, 15) is 0 Å². The highest BCUT2D eigenvalue weighted by Gasteiger charge is 2.60. The Hall–Kier alpha value is -0.0400. The lowest BCUT2D eigenvalue weighted by Crippen LogP contribution is -2.71. The second-order valence-corrected chi connectivity index (χ2v) is 6.69. The maximum absolute atomic E-state index is 2.62. The lowest BCUT2D eigenvalue weighted by Gasteiger charge is -2.68.